The van der Waals surface area contributed by atoms with Gasteiger partial charge in [-0.05, 0) is 104 Å². The van der Waals surface area contributed by atoms with Crippen molar-refractivity contribution >= 4 is 11.9 Å². The number of rotatable bonds is 4. The van der Waals surface area contributed by atoms with E-state index in [0.29, 0.717) is 41.6 Å². The van der Waals surface area contributed by atoms with Gasteiger partial charge in [-0.25, -0.2) is 4.79 Å². The number of carbonyl (C=O) groups excluding carboxylic acids is 2. The summed E-state index contributed by atoms with van der Waals surface area (Å²) in [7, 11) is 0. The minimum atomic E-state index is -1.18. The minimum Gasteiger partial charge on any atom is -0.458 e. The molecule has 0 radical (unpaired) electrons. The maximum Gasteiger partial charge on any atom is 0.333 e. The third-order valence-corrected chi connectivity index (χ3v) is 15.2. The van der Waals surface area contributed by atoms with E-state index in [-0.39, 0.29) is 28.8 Å². The molecule has 4 fully saturated rings. The highest BCUT2D eigenvalue weighted by atomic mass is 16.6. The zero-order valence-electron chi connectivity index (χ0n) is 29.4. The first kappa shape index (κ1) is 33.7. The normalized spacial score (nSPS) is 47.6. The summed E-state index contributed by atoms with van der Waals surface area (Å²) in [6.45, 7) is 23.5. The summed E-state index contributed by atoms with van der Waals surface area (Å²) in [5, 5.41) is 23.8. The molecule has 0 aromatic rings. The largest absolute Gasteiger partial charge is 0.458 e. The van der Waals surface area contributed by atoms with E-state index in [1.54, 1.807) is 19.9 Å². The van der Waals surface area contributed by atoms with Crippen molar-refractivity contribution in [2.45, 2.75) is 139 Å². The molecule has 44 heavy (non-hydrogen) atoms. The van der Waals surface area contributed by atoms with Crippen molar-refractivity contribution < 1.29 is 29.3 Å². The third kappa shape index (κ3) is 4.38. The molecule has 0 amide bonds. The molecular weight excluding hydrogens is 552 g/mol. The number of carbonyl (C=O) groups is 2. The fourth-order valence-electron chi connectivity index (χ4n) is 11.9. The number of aliphatic hydroxyl groups is 2. The predicted molar refractivity (Wildman–Crippen MR) is 172 cm³/mol. The van der Waals surface area contributed by atoms with Gasteiger partial charge in [0.05, 0.1) is 18.1 Å². The van der Waals surface area contributed by atoms with Crippen LogP contribution in [0.4, 0.5) is 0 Å². The number of aliphatic hydroxyl groups excluding tert-OH is 2. The van der Waals surface area contributed by atoms with Crippen LogP contribution in [-0.2, 0) is 19.1 Å². The average Bonchev–Trinajstić information content (AvgIpc) is 2.92. The van der Waals surface area contributed by atoms with E-state index in [1.807, 2.05) is 0 Å². The first-order chi connectivity index (χ1) is 20.3. The Morgan fingerprint density at radius 1 is 0.955 bits per heavy atom. The van der Waals surface area contributed by atoms with E-state index in [4.69, 9.17) is 9.47 Å². The maximum absolute atomic E-state index is 13.3. The average molecular weight is 613 g/mol. The lowest BCUT2D eigenvalue weighted by atomic mass is 9.32. The number of hydrogen-bond acceptors (Lipinski definition) is 6. The molecule has 6 heteroatoms. The number of esters is 2. The summed E-state index contributed by atoms with van der Waals surface area (Å²) >= 11 is 0. The van der Waals surface area contributed by atoms with Crippen LogP contribution >= 0.6 is 0 Å². The van der Waals surface area contributed by atoms with Gasteiger partial charge in [0.15, 0.2) is 6.10 Å². The summed E-state index contributed by atoms with van der Waals surface area (Å²) in [5.41, 5.74) is 0.211. The molecule has 4 saturated carbocycles. The molecule has 6 nitrogen and oxygen atoms in total. The van der Waals surface area contributed by atoms with Gasteiger partial charge in [-0.1, -0.05) is 73.1 Å². The molecule has 0 aromatic heterocycles. The predicted octanol–water partition coefficient (Wildman–Crippen LogP) is 7.42. The van der Waals surface area contributed by atoms with Crippen molar-refractivity contribution in [1.29, 1.82) is 0 Å². The first-order valence-electron chi connectivity index (χ1n) is 17.3. The number of ether oxygens (including phenoxy) is 2. The highest BCUT2D eigenvalue weighted by molar-refractivity contribution is 5.87. The minimum absolute atomic E-state index is 0.0217. The lowest BCUT2D eigenvalue weighted by Gasteiger charge is -2.72. The van der Waals surface area contributed by atoms with E-state index in [0.717, 1.165) is 12.8 Å². The van der Waals surface area contributed by atoms with Crippen molar-refractivity contribution in [3.63, 3.8) is 0 Å². The second-order valence-corrected chi connectivity index (χ2v) is 17.6. The quantitative estimate of drug-likeness (QED) is 0.195. The van der Waals surface area contributed by atoms with Crippen LogP contribution in [0.1, 0.15) is 121 Å². The third-order valence-electron chi connectivity index (χ3n) is 15.2. The molecule has 0 bridgehead atoms. The first-order valence-corrected chi connectivity index (χ1v) is 17.3. The van der Waals surface area contributed by atoms with Crippen LogP contribution in [0.15, 0.2) is 23.3 Å². The van der Waals surface area contributed by atoms with Gasteiger partial charge in [-0.15, -0.1) is 0 Å². The Hall–Kier alpha value is -1.66. The zero-order valence-corrected chi connectivity index (χ0v) is 29.4. The Morgan fingerprint density at radius 3 is 2.20 bits per heavy atom. The molecule has 248 valence electrons. The summed E-state index contributed by atoms with van der Waals surface area (Å²) in [4.78, 5) is 25.8. The molecule has 0 spiro atoms. The molecule has 5 aliphatic rings. The van der Waals surface area contributed by atoms with Gasteiger partial charge in [0.2, 0.25) is 0 Å². The zero-order chi connectivity index (χ0) is 32.8. The smallest absolute Gasteiger partial charge is 0.333 e. The van der Waals surface area contributed by atoms with Gasteiger partial charge in [0.1, 0.15) is 6.10 Å². The molecule has 0 saturated heterocycles. The van der Waals surface area contributed by atoms with Crippen molar-refractivity contribution in [3.05, 3.63) is 23.3 Å². The van der Waals surface area contributed by atoms with Crippen LogP contribution in [0.2, 0.25) is 0 Å². The van der Waals surface area contributed by atoms with Gasteiger partial charge < -0.3 is 19.7 Å². The summed E-state index contributed by atoms with van der Waals surface area (Å²) in [6, 6.07) is 0. The Morgan fingerprint density at radius 2 is 1.61 bits per heavy atom. The molecule has 0 heterocycles. The second kappa shape index (κ2) is 10.7. The monoisotopic (exact) mass is 612 g/mol. The standard InChI is InChI=1S/C38H60O6/c1-12-22(2)32(42)44-31-30(43-24(4)40)33(5,6)19-26-25-13-14-28-35(9)17-15-23(3)34(7,8)27(35)16-18-36(28,10)37(25,11)20-29(41)38(26,31)21-39/h12-13,23,26-31,39,41H,14-21H2,1-11H3/t23-,26?,27?,28?,29+,30-,31-,35-,36+,37+,38-/m0/s1. The summed E-state index contributed by atoms with van der Waals surface area (Å²) in [6.07, 6.45) is 8.33. The van der Waals surface area contributed by atoms with Crippen LogP contribution in [0.3, 0.4) is 0 Å². The Labute approximate surface area is 266 Å². The Kier molecular flexibility index (Phi) is 8.18. The molecule has 5 rings (SSSR count). The lowest BCUT2D eigenvalue weighted by molar-refractivity contribution is -0.264. The van der Waals surface area contributed by atoms with Crippen LogP contribution in [0, 0.1) is 56.2 Å². The van der Waals surface area contributed by atoms with Crippen molar-refractivity contribution in [1.82, 2.24) is 0 Å². The molecule has 2 N–H and O–H groups in total. The molecule has 11 atom stereocenters. The van der Waals surface area contributed by atoms with Crippen molar-refractivity contribution in [2.75, 3.05) is 6.61 Å². The van der Waals surface area contributed by atoms with Gasteiger partial charge >= 0.3 is 11.9 Å². The number of hydrogen-bond donors (Lipinski definition) is 2. The highest BCUT2D eigenvalue weighted by Gasteiger charge is 2.73. The van der Waals surface area contributed by atoms with Crippen molar-refractivity contribution in [3.8, 4) is 0 Å². The van der Waals surface area contributed by atoms with E-state index in [2.05, 4.69) is 61.5 Å². The van der Waals surface area contributed by atoms with E-state index in [9.17, 15) is 19.8 Å². The van der Waals surface area contributed by atoms with Gasteiger partial charge in [0.25, 0.3) is 0 Å². The van der Waals surface area contributed by atoms with Crippen LogP contribution < -0.4 is 0 Å². The highest BCUT2D eigenvalue weighted by Crippen LogP contribution is 2.76. The second-order valence-electron chi connectivity index (χ2n) is 17.6. The summed E-state index contributed by atoms with van der Waals surface area (Å²) in [5.74, 6) is 0.673. The molecular formula is C38H60O6. The molecule has 0 aromatic carbocycles. The molecule has 3 unspecified atom stereocenters. The van der Waals surface area contributed by atoms with Gasteiger partial charge in [-0.2, -0.15) is 0 Å². The summed E-state index contributed by atoms with van der Waals surface area (Å²) < 4.78 is 12.2. The van der Waals surface area contributed by atoms with Crippen LogP contribution in [-0.4, -0.2) is 47.1 Å². The van der Waals surface area contributed by atoms with Crippen LogP contribution in [0.5, 0.6) is 0 Å². The number of fused-ring (bicyclic) bond motifs is 7. The number of allylic oxidation sites excluding steroid dienone is 3. The van der Waals surface area contributed by atoms with Crippen molar-refractivity contribution in [2.24, 2.45) is 56.2 Å². The fourth-order valence-corrected chi connectivity index (χ4v) is 11.9. The Balaban J connectivity index is 1.65. The maximum atomic E-state index is 13.3. The molecule has 5 aliphatic carbocycles. The van der Waals surface area contributed by atoms with E-state index in [1.165, 1.54) is 31.8 Å². The molecule has 0 aliphatic heterocycles. The van der Waals surface area contributed by atoms with E-state index < -0.39 is 41.1 Å². The van der Waals surface area contributed by atoms with E-state index >= 15 is 0 Å². The SMILES string of the molecule is CC=C(C)C(=O)O[C@H]1[C@H](OC(C)=O)C(C)(C)CC2C3=CCC4[C@@]5(C)CC[C@H](C)C(C)(C)C5CC[C@@]4(C)[C@]3(C)C[C@@H](O)[C@]21CO. The topological polar surface area (TPSA) is 93.1 Å². The Bertz CT molecular complexity index is 1250. The van der Waals surface area contributed by atoms with Gasteiger partial charge in [0, 0.05) is 17.9 Å². The van der Waals surface area contributed by atoms with Gasteiger partial charge in [-0.3, -0.25) is 4.79 Å². The fraction of sp³-hybridized carbons (Fsp3) is 0.842. The van der Waals surface area contributed by atoms with Crippen LogP contribution in [0.25, 0.3) is 0 Å². The lowest BCUT2D eigenvalue weighted by Crippen LogP contribution is -2.72.